The van der Waals surface area contributed by atoms with E-state index in [9.17, 15) is 9.59 Å². The summed E-state index contributed by atoms with van der Waals surface area (Å²) >= 11 is 0. The fraction of sp³-hybridized carbons (Fsp3) is 0.263. The molecule has 1 aromatic heterocycles. The van der Waals surface area contributed by atoms with Gasteiger partial charge in [-0.2, -0.15) is 0 Å². The molecule has 0 unspecified atom stereocenters. The summed E-state index contributed by atoms with van der Waals surface area (Å²) in [7, 11) is 0. The number of carbonyl (C=O) groups excluding carboxylic acids is 1. The Bertz CT molecular complexity index is 967. The summed E-state index contributed by atoms with van der Waals surface area (Å²) in [4.78, 5) is 24.7. The van der Waals surface area contributed by atoms with Gasteiger partial charge < -0.3 is 10.6 Å². The van der Waals surface area contributed by atoms with Gasteiger partial charge in [0.2, 0.25) is 5.91 Å². The number of nitrogens with one attached hydrogen (secondary N) is 2. The fourth-order valence-corrected chi connectivity index (χ4v) is 2.65. The molecule has 0 aliphatic heterocycles. The number of aryl methyl sites for hydroxylation is 1. The molecular formula is C19H21N5O2. The molecule has 0 radical (unpaired) electrons. The van der Waals surface area contributed by atoms with Gasteiger partial charge in [0.05, 0.1) is 11.9 Å². The maximum Gasteiger partial charge on any atom is 0.277 e. The highest BCUT2D eigenvalue weighted by atomic mass is 16.2. The lowest BCUT2D eigenvalue weighted by Crippen LogP contribution is -2.26. The van der Waals surface area contributed by atoms with Gasteiger partial charge in [0.15, 0.2) is 0 Å². The molecule has 3 rings (SSSR count). The second-order valence-corrected chi connectivity index (χ2v) is 5.87. The third kappa shape index (κ3) is 4.12. The summed E-state index contributed by atoms with van der Waals surface area (Å²) in [6, 6.07) is 14.7. The molecule has 1 heterocycles. The number of fused-ring (bicyclic) bond motifs is 1. The van der Waals surface area contributed by atoms with Crippen LogP contribution in [-0.2, 0) is 17.9 Å². The molecule has 7 heteroatoms. The smallest absolute Gasteiger partial charge is 0.277 e. The summed E-state index contributed by atoms with van der Waals surface area (Å²) in [6.07, 6.45) is 0.141. The van der Waals surface area contributed by atoms with Gasteiger partial charge in [-0.1, -0.05) is 42.5 Å². The highest BCUT2D eigenvalue weighted by Gasteiger charge is 2.09. The quantitative estimate of drug-likeness (QED) is 0.679. The van der Waals surface area contributed by atoms with Crippen molar-refractivity contribution in [1.82, 2.24) is 20.3 Å². The third-order valence-corrected chi connectivity index (χ3v) is 4.04. The van der Waals surface area contributed by atoms with Crippen molar-refractivity contribution in [2.75, 3.05) is 11.9 Å². The maximum atomic E-state index is 12.4. The van der Waals surface area contributed by atoms with E-state index in [1.807, 2.05) is 31.2 Å². The Morgan fingerprint density at radius 1 is 1.12 bits per heavy atom. The molecular weight excluding hydrogens is 330 g/mol. The van der Waals surface area contributed by atoms with E-state index in [0.717, 1.165) is 17.8 Å². The van der Waals surface area contributed by atoms with Crippen LogP contribution in [0.4, 0.5) is 5.69 Å². The molecule has 2 aromatic carbocycles. The van der Waals surface area contributed by atoms with Gasteiger partial charge in [-0.3, -0.25) is 9.59 Å². The van der Waals surface area contributed by atoms with Crippen LogP contribution in [0.1, 0.15) is 18.9 Å². The van der Waals surface area contributed by atoms with Gasteiger partial charge in [-0.15, -0.1) is 5.10 Å². The van der Waals surface area contributed by atoms with Gasteiger partial charge in [0.25, 0.3) is 5.56 Å². The normalized spacial score (nSPS) is 10.8. The molecule has 0 spiro atoms. The number of rotatable bonds is 7. The van der Waals surface area contributed by atoms with Crippen LogP contribution in [0.15, 0.2) is 53.3 Å². The van der Waals surface area contributed by atoms with E-state index in [4.69, 9.17) is 0 Å². The summed E-state index contributed by atoms with van der Waals surface area (Å²) in [5, 5.41) is 14.6. The predicted octanol–water partition coefficient (Wildman–Crippen LogP) is 1.93. The van der Waals surface area contributed by atoms with Crippen LogP contribution in [0.5, 0.6) is 0 Å². The summed E-state index contributed by atoms with van der Waals surface area (Å²) in [5.41, 5.74) is 2.10. The van der Waals surface area contributed by atoms with Crippen molar-refractivity contribution in [3.63, 3.8) is 0 Å². The lowest BCUT2D eigenvalue weighted by molar-refractivity contribution is -0.116. The minimum Gasteiger partial charge on any atom is -0.326 e. The van der Waals surface area contributed by atoms with Crippen molar-refractivity contribution in [2.24, 2.45) is 0 Å². The fourth-order valence-electron chi connectivity index (χ4n) is 2.65. The number of carbonyl (C=O) groups is 1. The van der Waals surface area contributed by atoms with Crippen molar-refractivity contribution < 1.29 is 4.79 Å². The van der Waals surface area contributed by atoms with Gasteiger partial charge in [-0.05, 0) is 30.3 Å². The molecule has 0 fully saturated rings. The zero-order chi connectivity index (χ0) is 18.4. The monoisotopic (exact) mass is 351 g/mol. The van der Waals surface area contributed by atoms with Crippen LogP contribution in [0, 0.1) is 0 Å². The summed E-state index contributed by atoms with van der Waals surface area (Å²) in [5.74, 6) is -0.171. The van der Waals surface area contributed by atoms with Crippen molar-refractivity contribution in [1.29, 1.82) is 0 Å². The number of nitrogens with zero attached hydrogens (tertiary/aromatic N) is 3. The predicted molar refractivity (Wildman–Crippen MR) is 101 cm³/mol. The van der Waals surface area contributed by atoms with Crippen LogP contribution in [0.3, 0.4) is 0 Å². The van der Waals surface area contributed by atoms with Gasteiger partial charge in [-0.25, -0.2) is 4.68 Å². The highest BCUT2D eigenvalue weighted by Crippen LogP contribution is 2.15. The van der Waals surface area contributed by atoms with Crippen molar-refractivity contribution in [3.05, 3.63) is 64.4 Å². The van der Waals surface area contributed by atoms with Gasteiger partial charge >= 0.3 is 0 Å². The van der Waals surface area contributed by atoms with Crippen molar-refractivity contribution in [2.45, 2.75) is 26.4 Å². The first-order valence-corrected chi connectivity index (χ1v) is 8.60. The number of hydrogen-bond acceptors (Lipinski definition) is 5. The maximum absolute atomic E-state index is 12.4. The minimum absolute atomic E-state index is 0.141. The largest absolute Gasteiger partial charge is 0.326 e. The van der Waals surface area contributed by atoms with Crippen molar-refractivity contribution in [3.8, 4) is 0 Å². The molecule has 134 valence electrons. The van der Waals surface area contributed by atoms with E-state index in [1.165, 1.54) is 4.68 Å². The van der Waals surface area contributed by atoms with E-state index >= 15 is 0 Å². The molecule has 7 nitrogen and oxygen atoms in total. The average molecular weight is 351 g/mol. The summed E-state index contributed by atoms with van der Waals surface area (Å²) in [6.45, 7) is 3.75. The Labute approximate surface area is 151 Å². The number of hydrogen-bond donors (Lipinski definition) is 2. The molecule has 0 aliphatic carbocycles. The molecule has 0 atom stereocenters. The highest BCUT2D eigenvalue weighted by molar-refractivity contribution is 5.91. The first kappa shape index (κ1) is 17.8. The molecule has 2 N–H and O–H groups in total. The number of anilines is 1. The van der Waals surface area contributed by atoms with Crippen molar-refractivity contribution >= 4 is 22.5 Å². The first-order chi connectivity index (χ1) is 12.7. The Kier molecular flexibility index (Phi) is 5.70. The first-order valence-electron chi connectivity index (χ1n) is 8.60. The van der Waals surface area contributed by atoms with Gasteiger partial charge in [0, 0.05) is 18.7 Å². The lowest BCUT2D eigenvalue weighted by Gasteiger charge is -2.11. The zero-order valence-corrected chi connectivity index (χ0v) is 14.6. The summed E-state index contributed by atoms with van der Waals surface area (Å²) < 4.78 is 1.23. The second-order valence-electron chi connectivity index (χ2n) is 5.87. The lowest BCUT2D eigenvalue weighted by atomic mass is 10.1. The standard InChI is InChI=1S/C19H21N5O2/c1-2-20-13-14-7-3-5-9-16(14)21-18(25)11-12-24-19(26)15-8-4-6-10-17(15)22-23-24/h3-10,20H,2,11-13H2,1H3,(H,21,25). The van der Waals surface area contributed by atoms with Crippen LogP contribution < -0.4 is 16.2 Å². The Balaban J connectivity index is 1.67. The molecule has 1 amide bonds. The number of para-hydroxylation sites is 1. The Hall–Kier alpha value is -3.06. The zero-order valence-electron chi connectivity index (χ0n) is 14.6. The van der Waals surface area contributed by atoms with Gasteiger partial charge in [0.1, 0.15) is 5.52 Å². The number of amides is 1. The van der Waals surface area contributed by atoms with Crippen LogP contribution in [-0.4, -0.2) is 27.4 Å². The Morgan fingerprint density at radius 3 is 2.73 bits per heavy atom. The van der Waals surface area contributed by atoms with Crippen LogP contribution >= 0.6 is 0 Å². The number of aromatic nitrogens is 3. The molecule has 26 heavy (non-hydrogen) atoms. The minimum atomic E-state index is -0.240. The molecule has 0 saturated carbocycles. The van der Waals surface area contributed by atoms with E-state index in [1.54, 1.807) is 24.3 Å². The number of benzene rings is 2. The molecule has 0 saturated heterocycles. The topological polar surface area (TPSA) is 88.9 Å². The average Bonchev–Trinajstić information content (AvgIpc) is 2.67. The molecule has 3 aromatic rings. The SMILES string of the molecule is CCNCc1ccccc1NC(=O)CCn1nnc2ccccc2c1=O. The third-order valence-electron chi connectivity index (χ3n) is 4.04. The molecule has 0 bridgehead atoms. The van der Waals surface area contributed by atoms with Crippen LogP contribution in [0.25, 0.3) is 10.9 Å². The van der Waals surface area contributed by atoms with E-state index in [-0.39, 0.29) is 24.4 Å². The van der Waals surface area contributed by atoms with E-state index < -0.39 is 0 Å². The second kappa shape index (κ2) is 8.35. The van der Waals surface area contributed by atoms with E-state index in [0.29, 0.717) is 17.4 Å². The van der Waals surface area contributed by atoms with Crippen LogP contribution in [0.2, 0.25) is 0 Å². The molecule has 0 aliphatic rings. The Morgan fingerprint density at radius 2 is 1.88 bits per heavy atom. The van der Waals surface area contributed by atoms with E-state index in [2.05, 4.69) is 20.9 Å².